The molecule has 0 aliphatic heterocycles. The van der Waals surface area contributed by atoms with Gasteiger partial charge in [0.15, 0.2) is 0 Å². The van der Waals surface area contributed by atoms with Gasteiger partial charge in [-0.15, -0.1) is 0 Å². The highest BCUT2D eigenvalue weighted by Gasteiger charge is 2.13. The zero-order valence-corrected chi connectivity index (χ0v) is 11.3. The average Bonchev–Trinajstić information content (AvgIpc) is 2.17. The maximum atomic E-state index is 10.8. The van der Waals surface area contributed by atoms with Crippen molar-refractivity contribution in [1.82, 2.24) is 0 Å². The number of allylic oxidation sites excluding steroid dienone is 4. The van der Waals surface area contributed by atoms with Crippen molar-refractivity contribution in [2.24, 2.45) is 5.92 Å². The highest BCUT2D eigenvalue weighted by atomic mass is 32.1. The van der Waals surface area contributed by atoms with Crippen LogP contribution in [0.15, 0.2) is 23.3 Å². The summed E-state index contributed by atoms with van der Waals surface area (Å²) < 4.78 is 0. The third-order valence-corrected chi connectivity index (χ3v) is 2.85. The molecule has 0 aromatic carbocycles. The Bertz CT molecular complexity index is 276. The van der Waals surface area contributed by atoms with E-state index < -0.39 is 5.97 Å². The molecule has 0 aliphatic rings. The average molecular weight is 242 g/mol. The lowest BCUT2D eigenvalue weighted by molar-refractivity contribution is -0.140. The molecule has 3 heteroatoms. The summed E-state index contributed by atoms with van der Waals surface area (Å²) >= 11 is 4.04. The van der Waals surface area contributed by atoms with E-state index in [-0.39, 0.29) is 5.92 Å². The second-order valence-electron chi connectivity index (χ2n) is 4.32. The molecular weight excluding hydrogens is 220 g/mol. The van der Waals surface area contributed by atoms with E-state index in [0.717, 1.165) is 12.8 Å². The van der Waals surface area contributed by atoms with Crippen molar-refractivity contribution in [3.8, 4) is 0 Å². The third-order valence-electron chi connectivity index (χ3n) is 2.41. The highest BCUT2D eigenvalue weighted by molar-refractivity contribution is 7.80. The van der Waals surface area contributed by atoms with Gasteiger partial charge in [-0.25, -0.2) is 0 Å². The molecular formula is C13H22O2S. The Morgan fingerprint density at radius 2 is 1.94 bits per heavy atom. The van der Waals surface area contributed by atoms with Crippen LogP contribution >= 0.6 is 12.6 Å². The van der Waals surface area contributed by atoms with Crippen LogP contribution in [-0.2, 0) is 4.79 Å². The van der Waals surface area contributed by atoms with E-state index in [2.05, 4.69) is 39.5 Å². The molecule has 0 aromatic heterocycles. The minimum Gasteiger partial charge on any atom is -0.481 e. The smallest absolute Gasteiger partial charge is 0.307 e. The maximum absolute atomic E-state index is 10.8. The van der Waals surface area contributed by atoms with Crippen LogP contribution in [-0.4, -0.2) is 16.8 Å². The summed E-state index contributed by atoms with van der Waals surface area (Å²) in [5.74, 6) is -0.724. The van der Waals surface area contributed by atoms with Crippen molar-refractivity contribution in [2.45, 2.75) is 40.0 Å². The fourth-order valence-electron chi connectivity index (χ4n) is 1.29. The SMILES string of the molecule is CC(C)=CCCC(C)=CCC(CS)C(=O)O. The van der Waals surface area contributed by atoms with Crippen molar-refractivity contribution in [1.29, 1.82) is 0 Å². The zero-order valence-electron chi connectivity index (χ0n) is 10.4. The van der Waals surface area contributed by atoms with Crippen LogP contribution < -0.4 is 0 Å². The molecule has 0 aromatic rings. The van der Waals surface area contributed by atoms with Gasteiger partial charge in [0.2, 0.25) is 0 Å². The largest absolute Gasteiger partial charge is 0.481 e. The van der Waals surface area contributed by atoms with Gasteiger partial charge in [-0.3, -0.25) is 4.79 Å². The fourth-order valence-corrected chi connectivity index (χ4v) is 1.59. The summed E-state index contributed by atoms with van der Waals surface area (Å²) in [4.78, 5) is 10.8. The van der Waals surface area contributed by atoms with Crippen LogP contribution in [0.2, 0.25) is 0 Å². The van der Waals surface area contributed by atoms with Crippen LogP contribution in [0, 0.1) is 5.92 Å². The van der Waals surface area contributed by atoms with Gasteiger partial charge in [0.1, 0.15) is 0 Å². The van der Waals surface area contributed by atoms with Crippen LogP contribution in [0.25, 0.3) is 0 Å². The first kappa shape index (κ1) is 15.3. The molecule has 0 saturated heterocycles. The van der Waals surface area contributed by atoms with E-state index in [4.69, 9.17) is 5.11 Å². The number of carboxylic acids is 1. The molecule has 0 rings (SSSR count). The molecule has 0 heterocycles. The first-order chi connectivity index (χ1) is 7.47. The van der Waals surface area contributed by atoms with Crippen LogP contribution in [0.4, 0.5) is 0 Å². The molecule has 1 N–H and O–H groups in total. The first-order valence-corrected chi connectivity index (χ1v) is 6.23. The number of rotatable bonds is 7. The molecule has 0 amide bonds. The molecule has 16 heavy (non-hydrogen) atoms. The van der Waals surface area contributed by atoms with E-state index in [9.17, 15) is 4.79 Å². The number of carbonyl (C=O) groups is 1. The molecule has 2 nitrogen and oxygen atoms in total. The van der Waals surface area contributed by atoms with Gasteiger partial charge in [0.05, 0.1) is 5.92 Å². The van der Waals surface area contributed by atoms with Gasteiger partial charge in [-0.2, -0.15) is 12.6 Å². The molecule has 1 unspecified atom stereocenters. The van der Waals surface area contributed by atoms with Gasteiger partial charge in [0.25, 0.3) is 0 Å². The summed E-state index contributed by atoms with van der Waals surface area (Å²) in [5, 5.41) is 8.85. The normalized spacial score (nSPS) is 13.4. The second-order valence-corrected chi connectivity index (χ2v) is 4.69. The Balaban J connectivity index is 4.03. The summed E-state index contributed by atoms with van der Waals surface area (Å²) in [5.41, 5.74) is 2.58. The van der Waals surface area contributed by atoms with E-state index in [0.29, 0.717) is 12.2 Å². The van der Waals surface area contributed by atoms with E-state index in [1.165, 1.54) is 11.1 Å². The zero-order chi connectivity index (χ0) is 12.6. The van der Waals surface area contributed by atoms with Gasteiger partial charge in [0, 0.05) is 5.75 Å². The predicted molar refractivity (Wildman–Crippen MR) is 72.0 cm³/mol. The number of hydrogen-bond donors (Lipinski definition) is 2. The van der Waals surface area contributed by atoms with E-state index >= 15 is 0 Å². The van der Waals surface area contributed by atoms with E-state index in [1.807, 2.05) is 6.08 Å². The van der Waals surface area contributed by atoms with E-state index in [1.54, 1.807) is 0 Å². The Morgan fingerprint density at radius 1 is 1.31 bits per heavy atom. The third kappa shape index (κ3) is 7.57. The monoisotopic (exact) mass is 242 g/mol. The Labute approximate surface area is 104 Å². The van der Waals surface area contributed by atoms with Crippen molar-refractivity contribution >= 4 is 18.6 Å². The van der Waals surface area contributed by atoms with Crippen molar-refractivity contribution in [3.63, 3.8) is 0 Å². The van der Waals surface area contributed by atoms with Gasteiger partial charge >= 0.3 is 5.97 Å². The molecule has 0 fully saturated rings. The van der Waals surface area contributed by atoms with Crippen LogP contribution in [0.3, 0.4) is 0 Å². The van der Waals surface area contributed by atoms with Crippen molar-refractivity contribution < 1.29 is 9.90 Å². The van der Waals surface area contributed by atoms with Gasteiger partial charge < -0.3 is 5.11 Å². The minimum absolute atomic E-state index is 0.360. The van der Waals surface area contributed by atoms with Crippen LogP contribution in [0.1, 0.15) is 40.0 Å². The molecule has 0 bridgehead atoms. The fraction of sp³-hybridized carbons (Fsp3) is 0.615. The molecule has 0 radical (unpaired) electrons. The molecule has 0 spiro atoms. The quantitative estimate of drug-likeness (QED) is 0.527. The standard InChI is InChI=1S/C13H22O2S/c1-10(2)5-4-6-11(3)7-8-12(9-16)13(14)15/h5,7,12,16H,4,6,8-9H2,1-3H3,(H,14,15). The summed E-state index contributed by atoms with van der Waals surface area (Å²) in [6.07, 6.45) is 6.84. The van der Waals surface area contributed by atoms with Crippen molar-refractivity contribution in [3.05, 3.63) is 23.3 Å². The number of carboxylic acid groups (broad SMARTS) is 1. The minimum atomic E-state index is -0.761. The Hall–Kier alpha value is -0.700. The predicted octanol–water partition coefficient (Wildman–Crippen LogP) is 3.70. The maximum Gasteiger partial charge on any atom is 0.307 e. The lowest BCUT2D eigenvalue weighted by atomic mass is 10.0. The second kappa shape index (κ2) is 8.45. The lowest BCUT2D eigenvalue weighted by Crippen LogP contribution is -2.14. The van der Waals surface area contributed by atoms with Crippen molar-refractivity contribution in [2.75, 3.05) is 5.75 Å². The first-order valence-electron chi connectivity index (χ1n) is 5.60. The van der Waals surface area contributed by atoms with Crippen LogP contribution in [0.5, 0.6) is 0 Å². The van der Waals surface area contributed by atoms with Gasteiger partial charge in [-0.1, -0.05) is 23.3 Å². The lowest BCUT2D eigenvalue weighted by Gasteiger charge is -2.06. The topological polar surface area (TPSA) is 37.3 Å². The Kier molecular flexibility index (Phi) is 8.08. The summed E-state index contributed by atoms with van der Waals surface area (Å²) in [6, 6.07) is 0. The molecule has 0 aliphatic carbocycles. The highest BCUT2D eigenvalue weighted by Crippen LogP contribution is 2.12. The Morgan fingerprint density at radius 3 is 2.38 bits per heavy atom. The molecule has 0 saturated carbocycles. The number of hydrogen-bond acceptors (Lipinski definition) is 2. The summed E-state index contributed by atoms with van der Waals surface area (Å²) in [7, 11) is 0. The molecule has 1 atom stereocenters. The van der Waals surface area contributed by atoms with Gasteiger partial charge in [-0.05, 0) is 40.0 Å². The number of thiol groups is 1. The summed E-state index contributed by atoms with van der Waals surface area (Å²) in [6.45, 7) is 6.22. The molecule has 92 valence electrons. The number of aliphatic carboxylic acids is 1.